The van der Waals surface area contributed by atoms with E-state index in [9.17, 15) is 24.0 Å². The number of allylic oxidation sites excluding steroid dienone is 4. The Kier molecular flexibility index (Phi) is 8.18. The molecule has 8 atom stereocenters. The Balaban J connectivity index is 1.88. The molecule has 8 nitrogen and oxygen atoms in total. The van der Waals surface area contributed by atoms with Gasteiger partial charge in [0.05, 0.1) is 4.87 Å². The highest BCUT2D eigenvalue weighted by atomic mass is 35.5. The van der Waals surface area contributed by atoms with Gasteiger partial charge in [0.25, 0.3) is 0 Å². The molecule has 0 radical (unpaired) electrons. The molecule has 3 fully saturated rings. The molecular weight excluding hydrogens is 536 g/mol. The highest BCUT2D eigenvalue weighted by molar-refractivity contribution is 6.26. The average Bonchev–Trinajstić information content (AvgIpc) is 3.14. The van der Waals surface area contributed by atoms with Crippen LogP contribution in [-0.2, 0) is 38.2 Å². The van der Waals surface area contributed by atoms with Gasteiger partial charge in [-0.3, -0.25) is 24.0 Å². The van der Waals surface area contributed by atoms with Gasteiger partial charge in [0.2, 0.25) is 5.78 Å². The Morgan fingerprint density at radius 3 is 2.27 bits per heavy atom. The Morgan fingerprint density at radius 1 is 1.00 bits per heavy atom. The zero-order valence-corrected chi connectivity index (χ0v) is 25.1. The van der Waals surface area contributed by atoms with Crippen molar-refractivity contribution >= 4 is 41.1 Å². The van der Waals surface area contributed by atoms with Gasteiger partial charge in [0, 0.05) is 36.0 Å². The van der Waals surface area contributed by atoms with E-state index in [0.717, 1.165) is 5.57 Å². The van der Waals surface area contributed by atoms with Crippen LogP contribution in [0, 0.1) is 28.6 Å². The third kappa shape index (κ3) is 4.27. The van der Waals surface area contributed by atoms with Crippen LogP contribution in [0.4, 0.5) is 0 Å². The van der Waals surface area contributed by atoms with Crippen molar-refractivity contribution < 1.29 is 38.2 Å². The van der Waals surface area contributed by atoms with Crippen LogP contribution >= 0.6 is 11.6 Å². The van der Waals surface area contributed by atoms with E-state index < -0.39 is 63.6 Å². The van der Waals surface area contributed by atoms with Crippen molar-refractivity contribution in [3.63, 3.8) is 0 Å². The molecule has 0 N–H and O–H groups in total. The van der Waals surface area contributed by atoms with E-state index in [1.54, 1.807) is 26.8 Å². The molecule has 9 heteroatoms. The van der Waals surface area contributed by atoms with E-state index in [1.165, 1.54) is 6.08 Å². The van der Waals surface area contributed by atoms with E-state index in [1.807, 2.05) is 26.8 Å². The Labute approximate surface area is 241 Å². The number of rotatable bonds is 8. The molecule has 220 valence electrons. The minimum absolute atomic E-state index is 0.0689. The predicted octanol–water partition coefficient (Wildman–Crippen LogP) is 5.05. The first-order valence-electron chi connectivity index (χ1n) is 14.5. The number of carbonyl (C=O) groups excluding carboxylic acids is 5. The van der Waals surface area contributed by atoms with Crippen molar-refractivity contribution in [2.24, 2.45) is 28.6 Å². The molecule has 0 aliphatic heterocycles. The SMILES string of the molecule is CCC(=O)OCC(=O)C1(OC(=O)CC)C(C)CC2C3CCC4=CC(=O)C=CC4(C)C3(Cl)C(OC(=O)CC)CC21C. The number of fused-ring (bicyclic) bond motifs is 5. The van der Waals surface area contributed by atoms with Crippen molar-refractivity contribution in [3.8, 4) is 0 Å². The zero-order valence-electron chi connectivity index (χ0n) is 24.3. The fourth-order valence-electron chi connectivity index (χ4n) is 8.34. The molecule has 0 heterocycles. The van der Waals surface area contributed by atoms with Gasteiger partial charge in [0.15, 0.2) is 18.0 Å². The summed E-state index contributed by atoms with van der Waals surface area (Å²) in [6.07, 6.45) is 6.46. The molecule has 0 aromatic carbocycles. The fraction of sp³-hybridized carbons (Fsp3) is 0.710. The van der Waals surface area contributed by atoms with Gasteiger partial charge in [0.1, 0.15) is 6.10 Å². The van der Waals surface area contributed by atoms with Gasteiger partial charge in [-0.25, -0.2) is 0 Å². The number of Topliss-reactive ketones (excluding diaryl/α,β-unsaturated/α-hetero) is 1. The number of alkyl halides is 1. The number of hydrogen-bond acceptors (Lipinski definition) is 8. The maximum atomic E-state index is 14.1. The van der Waals surface area contributed by atoms with Crippen LogP contribution in [0.3, 0.4) is 0 Å². The summed E-state index contributed by atoms with van der Waals surface area (Å²) >= 11 is 7.77. The molecule has 4 aliphatic rings. The largest absolute Gasteiger partial charge is 0.460 e. The lowest BCUT2D eigenvalue weighted by Crippen LogP contribution is -2.70. The quantitative estimate of drug-likeness (QED) is 0.224. The first-order valence-corrected chi connectivity index (χ1v) is 14.9. The molecular formula is C31H41ClO8. The van der Waals surface area contributed by atoms with Gasteiger partial charge in [-0.15, -0.1) is 11.6 Å². The van der Waals surface area contributed by atoms with Crippen molar-refractivity contribution in [2.75, 3.05) is 6.61 Å². The molecule has 4 aliphatic carbocycles. The van der Waals surface area contributed by atoms with E-state index >= 15 is 0 Å². The first kappa shape index (κ1) is 30.5. The number of ether oxygens (including phenoxy) is 3. The maximum Gasteiger partial charge on any atom is 0.306 e. The van der Waals surface area contributed by atoms with Crippen molar-refractivity contribution in [2.45, 2.75) is 103 Å². The van der Waals surface area contributed by atoms with Crippen molar-refractivity contribution in [3.05, 3.63) is 23.8 Å². The summed E-state index contributed by atoms with van der Waals surface area (Å²) in [6, 6.07) is 0. The maximum absolute atomic E-state index is 14.1. The minimum Gasteiger partial charge on any atom is -0.460 e. The summed E-state index contributed by atoms with van der Waals surface area (Å²) in [4.78, 5) is 63.1. The summed E-state index contributed by atoms with van der Waals surface area (Å²) in [5, 5.41) is 0. The summed E-state index contributed by atoms with van der Waals surface area (Å²) in [5.41, 5.74) is -2.41. The number of carbonyl (C=O) groups is 5. The lowest BCUT2D eigenvalue weighted by atomic mass is 9.45. The van der Waals surface area contributed by atoms with Crippen LogP contribution in [-0.4, -0.2) is 52.7 Å². The Bertz CT molecular complexity index is 1170. The predicted molar refractivity (Wildman–Crippen MR) is 147 cm³/mol. The first-order chi connectivity index (χ1) is 18.7. The summed E-state index contributed by atoms with van der Waals surface area (Å²) in [7, 11) is 0. The van der Waals surface area contributed by atoms with Crippen LogP contribution in [0.2, 0.25) is 0 Å². The summed E-state index contributed by atoms with van der Waals surface area (Å²) < 4.78 is 17.6. The van der Waals surface area contributed by atoms with Crippen molar-refractivity contribution in [1.82, 2.24) is 0 Å². The van der Waals surface area contributed by atoms with E-state index in [2.05, 4.69) is 0 Å². The van der Waals surface area contributed by atoms with Crippen molar-refractivity contribution in [1.29, 1.82) is 0 Å². The van der Waals surface area contributed by atoms with Gasteiger partial charge < -0.3 is 14.2 Å². The average molecular weight is 577 g/mol. The van der Waals surface area contributed by atoms with Gasteiger partial charge >= 0.3 is 17.9 Å². The Hall–Kier alpha value is -2.48. The minimum atomic E-state index is -1.59. The van der Waals surface area contributed by atoms with E-state index in [0.29, 0.717) is 19.3 Å². The lowest BCUT2D eigenvalue weighted by molar-refractivity contribution is -0.208. The zero-order chi connectivity index (χ0) is 29.7. The summed E-state index contributed by atoms with van der Waals surface area (Å²) in [5.74, 6) is -2.83. The van der Waals surface area contributed by atoms with Crippen LogP contribution in [0.25, 0.3) is 0 Å². The monoisotopic (exact) mass is 576 g/mol. The number of esters is 3. The number of hydrogen-bond donors (Lipinski definition) is 0. The van der Waals surface area contributed by atoms with Crippen LogP contribution < -0.4 is 0 Å². The second kappa shape index (κ2) is 10.7. The van der Waals surface area contributed by atoms with Gasteiger partial charge in [-0.05, 0) is 49.7 Å². The summed E-state index contributed by atoms with van der Waals surface area (Å²) in [6.45, 7) is 10.3. The topological polar surface area (TPSA) is 113 Å². The number of ketones is 2. The molecule has 0 aromatic heterocycles. The highest BCUT2D eigenvalue weighted by Crippen LogP contribution is 2.72. The smallest absolute Gasteiger partial charge is 0.306 e. The highest BCUT2D eigenvalue weighted by Gasteiger charge is 2.77. The van der Waals surface area contributed by atoms with Crippen LogP contribution in [0.1, 0.15) is 86.5 Å². The van der Waals surface area contributed by atoms with Crippen LogP contribution in [0.15, 0.2) is 23.8 Å². The lowest BCUT2D eigenvalue weighted by Gasteiger charge is -2.64. The second-order valence-electron chi connectivity index (χ2n) is 12.2. The molecule has 3 saturated carbocycles. The molecule has 0 bridgehead atoms. The molecule has 0 saturated heterocycles. The molecule has 0 amide bonds. The van der Waals surface area contributed by atoms with Crippen LogP contribution in [0.5, 0.6) is 0 Å². The third-order valence-corrected chi connectivity index (χ3v) is 11.3. The van der Waals surface area contributed by atoms with E-state index in [4.69, 9.17) is 25.8 Å². The van der Waals surface area contributed by atoms with E-state index in [-0.39, 0.29) is 43.3 Å². The van der Waals surface area contributed by atoms with Gasteiger partial charge in [-0.2, -0.15) is 0 Å². The molecule has 4 rings (SSSR count). The number of halogens is 1. The standard InChI is InChI=1S/C31H41ClO8/c1-7-25(35)38-17-23(34)31(40-27(37)9-3)18(4)14-22-21-11-10-19-15-20(33)12-13-28(19,5)30(21,32)24(16-29(22,31)6)39-26(36)8-2/h12-13,15,18,21-22,24H,7-11,14,16-17H2,1-6H3. The molecule has 8 unspecified atom stereocenters. The normalized spacial score (nSPS) is 39.8. The second-order valence-corrected chi connectivity index (χ2v) is 12.8. The Morgan fingerprint density at radius 2 is 1.65 bits per heavy atom. The third-order valence-electron chi connectivity index (χ3n) is 10.3. The molecule has 40 heavy (non-hydrogen) atoms. The molecule has 0 spiro atoms. The molecule has 0 aromatic rings. The fourth-order valence-corrected chi connectivity index (χ4v) is 8.91. The van der Waals surface area contributed by atoms with Gasteiger partial charge in [-0.1, -0.05) is 53.2 Å².